The molecule has 154 valence electrons. The maximum Gasteiger partial charge on any atom is 0.420 e. The first kappa shape index (κ1) is 19.0. The third-order valence-corrected chi connectivity index (χ3v) is 7.23. The Hall–Kier alpha value is -3.02. The SMILES string of the molecule is NC1Cc2cccc(Cn3c(=O)oc4cc(S(=O)(=O)Nc5ncns5)ccc43)c2C1. The number of nitrogens with zero attached hydrogens (tertiary/aromatic N) is 3. The zero-order valence-corrected chi connectivity index (χ0v) is 17.2. The number of oxazole rings is 1. The average Bonchev–Trinajstić information content (AvgIpc) is 3.40. The standard InChI is InChI=1S/C19H17N5O4S2/c20-13-6-11-2-1-3-12(15(11)7-13)9-24-16-5-4-14(8-17(16)28-19(24)25)30(26,27)23-18-21-10-22-29-18/h1-5,8,10,13H,6-7,9,20H2,(H,21,22,23). The van der Waals surface area contributed by atoms with Crippen molar-refractivity contribution in [2.75, 3.05) is 4.72 Å². The Morgan fingerprint density at radius 3 is 2.93 bits per heavy atom. The monoisotopic (exact) mass is 443 g/mol. The van der Waals surface area contributed by atoms with E-state index in [0.717, 1.165) is 29.9 Å². The summed E-state index contributed by atoms with van der Waals surface area (Å²) in [5, 5.41) is 0.158. The van der Waals surface area contributed by atoms with Crippen LogP contribution in [0.1, 0.15) is 16.7 Å². The van der Waals surface area contributed by atoms with Crippen molar-refractivity contribution >= 4 is 37.8 Å². The molecule has 9 nitrogen and oxygen atoms in total. The van der Waals surface area contributed by atoms with E-state index in [9.17, 15) is 13.2 Å². The summed E-state index contributed by atoms with van der Waals surface area (Å²) in [6.45, 7) is 0.330. The molecule has 1 atom stereocenters. The highest BCUT2D eigenvalue weighted by Crippen LogP contribution is 2.27. The lowest BCUT2D eigenvalue weighted by Crippen LogP contribution is -2.19. The Bertz CT molecular complexity index is 1410. The summed E-state index contributed by atoms with van der Waals surface area (Å²) in [4.78, 5) is 16.3. The van der Waals surface area contributed by atoms with E-state index in [-0.39, 0.29) is 21.7 Å². The van der Waals surface area contributed by atoms with Crippen LogP contribution in [0.3, 0.4) is 0 Å². The smallest absolute Gasteiger partial charge is 0.408 e. The second-order valence-corrected chi connectivity index (χ2v) is 9.62. The molecule has 1 aliphatic rings. The van der Waals surface area contributed by atoms with Crippen molar-refractivity contribution in [3.05, 3.63) is 70.0 Å². The van der Waals surface area contributed by atoms with E-state index in [1.54, 1.807) is 6.07 Å². The number of anilines is 1. The molecule has 0 bridgehead atoms. The normalized spacial score (nSPS) is 16.1. The van der Waals surface area contributed by atoms with Gasteiger partial charge in [-0.05, 0) is 41.7 Å². The molecule has 2 heterocycles. The van der Waals surface area contributed by atoms with Crippen molar-refractivity contribution in [2.45, 2.75) is 30.3 Å². The van der Waals surface area contributed by atoms with Gasteiger partial charge in [0.15, 0.2) is 5.58 Å². The summed E-state index contributed by atoms with van der Waals surface area (Å²) < 4.78 is 38.1. The molecule has 0 saturated heterocycles. The first-order valence-electron chi connectivity index (χ1n) is 9.19. The maximum atomic E-state index is 12.6. The number of fused-ring (bicyclic) bond motifs is 2. The molecule has 0 amide bonds. The van der Waals surface area contributed by atoms with Crippen molar-refractivity contribution < 1.29 is 12.8 Å². The minimum atomic E-state index is -3.88. The van der Waals surface area contributed by atoms with E-state index in [1.807, 2.05) is 12.1 Å². The molecule has 4 aromatic rings. The fraction of sp³-hybridized carbons (Fsp3) is 0.211. The molecule has 2 aromatic carbocycles. The summed E-state index contributed by atoms with van der Waals surface area (Å²) in [6.07, 6.45) is 2.86. The summed E-state index contributed by atoms with van der Waals surface area (Å²) >= 11 is 0.928. The number of aromatic nitrogens is 3. The fourth-order valence-electron chi connectivity index (χ4n) is 3.83. The van der Waals surface area contributed by atoms with Gasteiger partial charge in [0.1, 0.15) is 6.33 Å². The first-order valence-corrected chi connectivity index (χ1v) is 11.4. The molecular formula is C19H17N5O4S2. The van der Waals surface area contributed by atoms with Gasteiger partial charge in [-0.2, -0.15) is 4.37 Å². The van der Waals surface area contributed by atoms with Gasteiger partial charge in [-0.1, -0.05) is 18.2 Å². The van der Waals surface area contributed by atoms with Crippen LogP contribution in [0.5, 0.6) is 0 Å². The Labute approximate surface area is 175 Å². The topological polar surface area (TPSA) is 133 Å². The third kappa shape index (κ3) is 3.30. The minimum Gasteiger partial charge on any atom is -0.408 e. The number of rotatable bonds is 5. The van der Waals surface area contributed by atoms with Crippen molar-refractivity contribution in [3.63, 3.8) is 0 Å². The van der Waals surface area contributed by atoms with Crippen molar-refractivity contribution in [2.24, 2.45) is 5.73 Å². The third-order valence-electron chi connectivity index (χ3n) is 5.18. The van der Waals surface area contributed by atoms with Gasteiger partial charge in [-0.15, -0.1) is 0 Å². The van der Waals surface area contributed by atoms with Gasteiger partial charge >= 0.3 is 5.76 Å². The molecule has 5 rings (SSSR count). The zero-order valence-electron chi connectivity index (χ0n) is 15.6. The lowest BCUT2D eigenvalue weighted by Gasteiger charge is -2.09. The van der Waals surface area contributed by atoms with E-state index in [0.29, 0.717) is 12.1 Å². The Morgan fingerprint density at radius 1 is 1.27 bits per heavy atom. The fourth-order valence-corrected chi connectivity index (χ4v) is 5.51. The molecule has 2 aromatic heterocycles. The van der Waals surface area contributed by atoms with Crippen LogP contribution in [0.2, 0.25) is 0 Å². The quantitative estimate of drug-likeness (QED) is 0.480. The van der Waals surface area contributed by atoms with Crippen molar-refractivity contribution in [3.8, 4) is 0 Å². The van der Waals surface area contributed by atoms with Crippen LogP contribution in [-0.2, 0) is 29.4 Å². The van der Waals surface area contributed by atoms with Crippen molar-refractivity contribution in [1.82, 2.24) is 13.9 Å². The Morgan fingerprint density at radius 2 is 2.13 bits per heavy atom. The molecule has 0 aliphatic heterocycles. The second-order valence-electron chi connectivity index (χ2n) is 7.16. The number of hydrogen-bond donors (Lipinski definition) is 2. The van der Waals surface area contributed by atoms with Crippen LogP contribution in [0.25, 0.3) is 11.1 Å². The first-order chi connectivity index (χ1) is 14.4. The molecular weight excluding hydrogens is 426 g/mol. The molecule has 1 unspecified atom stereocenters. The van der Waals surface area contributed by atoms with Gasteiger partial charge in [0, 0.05) is 23.6 Å². The van der Waals surface area contributed by atoms with Crippen LogP contribution in [0.4, 0.5) is 5.13 Å². The number of benzene rings is 2. The molecule has 11 heteroatoms. The summed E-state index contributed by atoms with van der Waals surface area (Å²) in [5.74, 6) is -0.545. The highest BCUT2D eigenvalue weighted by atomic mass is 32.2. The van der Waals surface area contributed by atoms with E-state index in [4.69, 9.17) is 10.2 Å². The highest BCUT2D eigenvalue weighted by Gasteiger charge is 2.23. The van der Waals surface area contributed by atoms with Crippen LogP contribution in [0, 0.1) is 0 Å². The van der Waals surface area contributed by atoms with Crippen molar-refractivity contribution in [1.29, 1.82) is 0 Å². The molecule has 0 fully saturated rings. The summed E-state index contributed by atoms with van der Waals surface area (Å²) in [5.41, 5.74) is 10.2. The van der Waals surface area contributed by atoms with Gasteiger partial charge in [-0.25, -0.2) is 18.2 Å². The Balaban J connectivity index is 1.51. The Kier molecular flexibility index (Phi) is 4.45. The van der Waals surface area contributed by atoms with Crippen LogP contribution >= 0.6 is 11.5 Å². The van der Waals surface area contributed by atoms with Crippen LogP contribution in [-0.4, -0.2) is 28.4 Å². The molecule has 30 heavy (non-hydrogen) atoms. The lowest BCUT2D eigenvalue weighted by atomic mass is 10.0. The lowest BCUT2D eigenvalue weighted by molar-refractivity contribution is 0.516. The van der Waals surface area contributed by atoms with Gasteiger partial charge < -0.3 is 10.2 Å². The highest BCUT2D eigenvalue weighted by molar-refractivity contribution is 7.93. The van der Waals surface area contributed by atoms with Gasteiger partial charge in [0.25, 0.3) is 10.0 Å². The second kappa shape index (κ2) is 7.04. The summed E-state index contributed by atoms with van der Waals surface area (Å²) in [6, 6.07) is 10.4. The number of nitrogens with one attached hydrogen (secondary N) is 1. The molecule has 3 N–H and O–H groups in total. The number of sulfonamides is 1. The van der Waals surface area contributed by atoms with E-state index in [2.05, 4.69) is 20.1 Å². The number of nitrogens with two attached hydrogens (primary N) is 1. The average molecular weight is 444 g/mol. The number of hydrogen-bond acceptors (Lipinski definition) is 8. The molecule has 0 radical (unpaired) electrons. The maximum absolute atomic E-state index is 12.6. The largest absolute Gasteiger partial charge is 0.420 e. The van der Waals surface area contributed by atoms with E-state index >= 15 is 0 Å². The van der Waals surface area contributed by atoms with Gasteiger partial charge in [0.2, 0.25) is 5.13 Å². The van der Waals surface area contributed by atoms with Gasteiger partial charge in [-0.3, -0.25) is 9.29 Å². The van der Waals surface area contributed by atoms with Crippen LogP contribution in [0.15, 0.2) is 56.8 Å². The van der Waals surface area contributed by atoms with Crippen LogP contribution < -0.4 is 16.2 Å². The zero-order chi connectivity index (χ0) is 20.9. The predicted molar refractivity (Wildman–Crippen MR) is 112 cm³/mol. The van der Waals surface area contributed by atoms with E-state index < -0.39 is 15.8 Å². The van der Waals surface area contributed by atoms with E-state index in [1.165, 1.54) is 34.2 Å². The minimum absolute atomic E-state index is 0.0299. The van der Waals surface area contributed by atoms with Gasteiger partial charge in [0.05, 0.1) is 17.0 Å². The molecule has 0 saturated carbocycles. The molecule has 0 spiro atoms. The molecule has 1 aliphatic carbocycles. The summed E-state index contributed by atoms with van der Waals surface area (Å²) in [7, 11) is -3.88. The predicted octanol–water partition coefficient (Wildman–Crippen LogP) is 1.72.